The van der Waals surface area contributed by atoms with Gasteiger partial charge in [-0.15, -0.1) is 11.3 Å². The van der Waals surface area contributed by atoms with Gasteiger partial charge in [-0.3, -0.25) is 4.79 Å². The summed E-state index contributed by atoms with van der Waals surface area (Å²) < 4.78 is 6.08. The molecule has 0 radical (unpaired) electrons. The van der Waals surface area contributed by atoms with Crippen molar-refractivity contribution in [1.82, 2.24) is 4.98 Å². The summed E-state index contributed by atoms with van der Waals surface area (Å²) in [5.74, 6) is -0.259. The van der Waals surface area contributed by atoms with Crippen molar-refractivity contribution < 1.29 is 9.53 Å². The van der Waals surface area contributed by atoms with Gasteiger partial charge in [0.2, 0.25) is 0 Å². The molecule has 0 aliphatic heterocycles. The molecule has 0 amide bonds. The Morgan fingerprint density at radius 1 is 1.16 bits per heavy atom. The first-order chi connectivity index (χ1) is 12.2. The van der Waals surface area contributed by atoms with Crippen molar-refractivity contribution in [2.75, 3.05) is 6.61 Å². The standard InChI is InChI=1S/C19H16ClNO2S2/c1-2-23-17(22)12-16-19(24-15-6-4-3-5-7-15)25-18(21-16)13-8-10-14(20)11-9-13/h3-11H,2,12H2,1H3. The molecule has 128 valence electrons. The van der Waals surface area contributed by atoms with Crippen molar-refractivity contribution in [1.29, 1.82) is 0 Å². The molecule has 0 aliphatic rings. The molecule has 3 rings (SSSR count). The summed E-state index contributed by atoms with van der Waals surface area (Å²) in [6, 6.07) is 17.6. The predicted molar refractivity (Wildman–Crippen MR) is 103 cm³/mol. The second-order valence-corrected chi connectivity index (χ2v) is 7.93. The van der Waals surface area contributed by atoms with Crippen LogP contribution in [0, 0.1) is 0 Å². The zero-order valence-electron chi connectivity index (χ0n) is 13.6. The average molecular weight is 390 g/mol. The third kappa shape index (κ3) is 4.84. The number of hydrogen-bond donors (Lipinski definition) is 0. The summed E-state index contributed by atoms with van der Waals surface area (Å²) in [7, 11) is 0. The van der Waals surface area contributed by atoms with Gasteiger partial charge in [0, 0.05) is 15.5 Å². The van der Waals surface area contributed by atoms with Crippen LogP contribution in [0.25, 0.3) is 10.6 Å². The quantitative estimate of drug-likeness (QED) is 0.505. The van der Waals surface area contributed by atoms with E-state index in [1.54, 1.807) is 30.0 Å². The van der Waals surface area contributed by atoms with E-state index in [4.69, 9.17) is 16.3 Å². The maximum absolute atomic E-state index is 11.9. The van der Waals surface area contributed by atoms with Gasteiger partial charge in [-0.05, 0) is 31.2 Å². The lowest BCUT2D eigenvalue weighted by Gasteiger charge is -2.02. The predicted octanol–water partition coefficient (Wildman–Crippen LogP) is 5.72. The van der Waals surface area contributed by atoms with Gasteiger partial charge in [-0.2, -0.15) is 0 Å². The van der Waals surface area contributed by atoms with Crippen LogP contribution < -0.4 is 0 Å². The fraction of sp³-hybridized carbons (Fsp3) is 0.158. The first kappa shape index (κ1) is 18.0. The summed E-state index contributed by atoms with van der Waals surface area (Å²) in [4.78, 5) is 17.7. The molecule has 6 heteroatoms. The van der Waals surface area contributed by atoms with Gasteiger partial charge in [-0.25, -0.2) is 4.98 Å². The van der Waals surface area contributed by atoms with Crippen LogP contribution in [0.2, 0.25) is 5.02 Å². The third-order valence-corrected chi connectivity index (χ3v) is 5.95. The van der Waals surface area contributed by atoms with Crippen molar-refractivity contribution in [2.24, 2.45) is 0 Å². The maximum atomic E-state index is 11.9. The van der Waals surface area contributed by atoms with E-state index in [2.05, 4.69) is 4.98 Å². The molecule has 0 bridgehead atoms. The van der Waals surface area contributed by atoms with Gasteiger partial charge in [0.1, 0.15) is 5.01 Å². The Balaban J connectivity index is 1.92. The van der Waals surface area contributed by atoms with Crippen LogP contribution in [0.5, 0.6) is 0 Å². The van der Waals surface area contributed by atoms with E-state index in [1.807, 2.05) is 54.6 Å². The summed E-state index contributed by atoms with van der Waals surface area (Å²) in [6.07, 6.45) is 0.174. The van der Waals surface area contributed by atoms with Crippen LogP contribution in [-0.2, 0) is 16.0 Å². The molecule has 25 heavy (non-hydrogen) atoms. The summed E-state index contributed by atoms with van der Waals surface area (Å²) in [5, 5.41) is 1.56. The van der Waals surface area contributed by atoms with E-state index in [0.717, 1.165) is 25.4 Å². The lowest BCUT2D eigenvalue weighted by atomic mass is 10.2. The second kappa shape index (κ2) is 8.52. The molecule has 0 N–H and O–H groups in total. The van der Waals surface area contributed by atoms with Crippen molar-refractivity contribution >= 4 is 40.7 Å². The van der Waals surface area contributed by atoms with E-state index in [0.29, 0.717) is 11.6 Å². The van der Waals surface area contributed by atoms with Crippen molar-refractivity contribution in [3.63, 3.8) is 0 Å². The lowest BCUT2D eigenvalue weighted by Crippen LogP contribution is -2.08. The first-order valence-electron chi connectivity index (χ1n) is 7.80. The minimum absolute atomic E-state index is 0.174. The molecular formula is C19H16ClNO2S2. The molecule has 0 unspecified atom stereocenters. The van der Waals surface area contributed by atoms with Gasteiger partial charge in [0.15, 0.2) is 0 Å². The smallest absolute Gasteiger partial charge is 0.311 e. The largest absolute Gasteiger partial charge is 0.466 e. The van der Waals surface area contributed by atoms with Crippen LogP contribution in [0.15, 0.2) is 63.7 Å². The van der Waals surface area contributed by atoms with E-state index in [1.165, 1.54) is 0 Å². The van der Waals surface area contributed by atoms with Gasteiger partial charge >= 0.3 is 5.97 Å². The molecule has 3 aromatic rings. The Hall–Kier alpha value is -1.82. The molecule has 0 spiro atoms. The molecule has 0 fully saturated rings. The fourth-order valence-electron chi connectivity index (χ4n) is 2.19. The van der Waals surface area contributed by atoms with Crippen LogP contribution in [0.1, 0.15) is 12.6 Å². The van der Waals surface area contributed by atoms with Crippen LogP contribution in [-0.4, -0.2) is 17.6 Å². The lowest BCUT2D eigenvalue weighted by molar-refractivity contribution is -0.142. The number of hydrogen-bond acceptors (Lipinski definition) is 5. The summed E-state index contributed by atoms with van der Waals surface area (Å²) in [6.45, 7) is 2.17. The van der Waals surface area contributed by atoms with Crippen molar-refractivity contribution in [3.8, 4) is 10.6 Å². The Kier molecular flexibility index (Phi) is 6.13. The highest BCUT2D eigenvalue weighted by atomic mass is 35.5. The molecule has 2 aromatic carbocycles. The Morgan fingerprint density at radius 3 is 2.56 bits per heavy atom. The average Bonchev–Trinajstić information content (AvgIpc) is 2.99. The maximum Gasteiger partial charge on any atom is 0.311 e. The summed E-state index contributed by atoms with van der Waals surface area (Å²) in [5.41, 5.74) is 1.74. The van der Waals surface area contributed by atoms with Crippen molar-refractivity contribution in [2.45, 2.75) is 22.4 Å². The molecule has 3 nitrogen and oxygen atoms in total. The number of rotatable bonds is 6. The zero-order valence-corrected chi connectivity index (χ0v) is 16.0. The minimum Gasteiger partial charge on any atom is -0.466 e. The molecule has 1 aromatic heterocycles. The fourth-order valence-corrected chi connectivity index (χ4v) is 4.57. The van der Waals surface area contributed by atoms with Crippen LogP contribution >= 0.6 is 34.7 Å². The number of ether oxygens (including phenoxy) is 1. The minimum atomic E-state index is -0.259. The number of aromatic nitrogens is 1. The first-order valence-corrected chi connectivity index (χ1v) is 9.81. The Bertz CT molecular complexity index is 848. The second-order valence-electron chi connectivity index (χ2n) is 5.16. The molecule has 1 heterocycles. The highest BCUT2D eigenvalue weighted by molar-refractivity contribution is 8.01. The molecular weight excluding hydrogens is 374 g/mol. The number of carbonyl (C=O) groups excluding carboxylic acids is 1. The number of halogens is 1. The molecule has 0 saturated carbocycles. The number of benzene rings is 2. The number of esters is 1. The topological polar surface area (TPSA) is 39.2 Å². The summed E-state index contributed by atoms with van der Waals surface area (Å²) >= 11 is 9.15. The van der Waals surface area contributed by atoms with Gasteiger partial charge in [0.25, 0.3) is 0 Å². The van der Waals surface area contributed by atoms with Gasteiger partial charge in [-0.1, -0.05) is 53.7 Å². The van der Waals surface area contributed by atoms with Gasteiger partial charge < -0.3 is 4.74 Å². The number of carbonyl (C=O) groups is 1. The van der Waals surface area contributed by atoms with Gasteiger partial charge in [0.05, 0.1) is 22.9 Å². The van der Waals surface area contributed by atoms with Crippen LogP contribution in [0.4, 0.5) is 0 Å². The normalized spacial score (nSPS) is 10.6. The number of thiazole rings is 1. The van der Waals surface area contributed by atoms with E-state index in [-0.39, 0.29) is 12.4 Å². The highest BCUT2D eigenvalue weighted by Gasteiger charge is 2.17. The highest BCUT2D eigenvalue weighted by Crippen LogP contribution is 2.39. The number of nitrogens with zero attached hydrogens (tertiary/aromatic N) is 1. The Morgan fingerprint density at radius 2 is 1.88 bits per heavy atom. The Labute approximate surface area is 160 Å². The molecule has 0 saturated heterocycles. The zero-order chi connectivity index (χ0) is 17.6. The van der Waals surface area contributed by atoms with Crippen molar-refractivity contribution in [3.05, 3.63) is 65.3 Å². The monoisotopic (exact) mass is 389 g/mol. The third-order valence-electron chi connectivity index (χ3n) is 3.32. The molecule has 0 aliphatic carbocycles. The SMILES string of the molecule is CCOC(=O)Cc1nc(-c2ccc(Cl)cc2)sc1Sc1ccccc1. The van der Waals surface area contributed by atoms with E-state index in [9.17, 15) is 4.79 Å². The van der Waals surface area contributed by atoms with E-state index < -0.39 is 0 Å². The van der Waals surface area contributed by atoms with Crippen LogP contribution in [0.3, 0.4) is 0 Å². The molecule has 0 atom stereocenters. The van der Waals surface area contributed by atoms with E-state index >= 15 is 0 Å².